The van der Waals surface area contributed by atoms with Crippen LogP contribution < -0.4 is 0 Å². The van der Waals surface area contributed by atoms with E-state index in [0.29, 0.717) is 0 Å². The van der Waals surface area contributed by atoms with Crippen molar-refractivity contribution in [2.75, 3.05) is 6.61 Å². The van der Waals surface area contributed by atoms with Crippen LogP contribution in [-0.2, 0) is 4.79 Å². The Morgan fingerprint density at radius 3 is 1.32 bits per heavy atom. The van der Waals surface area contributed by atoms with Crippen molar-refractivity contribution in [2.24, 2.45) is 17.3 Å². The number of carboxylic acids is 1. The summed E-state index contributed by atoms with van der Waals surface area (Å²) in [6.45, 7) is 10.9. The molecule has 0 aromatic heterocycles. The molecule has 3 N–H and O–H groups in total. The third-order valence-electron chi connectivity index (χ3n) is 3.00. The summed E-state index contributed by atoms with van der Waals surface area (Å²) in [5, 5.41) is 26.3. The molecule has 0 fully saturated rings. The van der Waals surface area contributed by atoms with Gasteiger partial charge in [0.05, 0.1) is 18.6 Å². The lowest BCUT2D eigenvalue weighted by Crippen LogP contribution is -2.36. The van der Waals surface area contributed by atoms with E-state index in [1.165, 1.54) is 0 Å². The fourth-order valence-corrected chi connectivity index (χ4v) is 1.38. The summed E-state index contributed by atoms with van der Waals surface area (Å²) in [4.78, 5) is 9.70. The highest BCUT2D eigenvalue weighted by molar-refractivity contribution is 5.68. The van der Waals surface area contributed by atoms with E-state index in [4.69, 9.17) is 10.2 Å². The Labute approximate surface area is 134 Å². The molecule has 1 atom stereocenters. The normalized spacial score (nSPS) is 11.9. The zero-order chi connectivity index (χ0) is 17.8. The standard InChI is InChI=1S/C8H18O2.C6H6.C4H8O2/c1-6(2)7(10)8(3,4)5-9;1-2-4-6-5-3-1;1-3(2)4(5)6/h6-7,9-10H,5H2,1-4H3;1-6H;3H,1-2H3,(H,5,6). The average Bonchev–Trinajstić information content (AvgIpc) is 2.49. The van der Waals surface area contributed by atoms with Crippen LogP contribution in [0.25, 0.3) is 0 Å². The van der Waals surface area contributed by atoms with Crippen LogP contribution in [-0.4, -0.2) is 34.0 Å². The quantitative estimate of drug-likeness (QED) is 0.796. The minimum absolute atomic E-state index is 0.0341. The van der Waals surface area contributed by atoms with E-state index in [-0.39, 0.29) is 23.9 Å². The second kappa shape index (κ2) is 12.2. The zero-order valence-electron chi connectivity index (χ0n) is 14.7. The predicted molar refractivity (Wildman–Crippen MR) is 90.6 cm³/mol. The molecule has 1 aromatic carbocycles. The lowest BCUT2D eigenvalue weighted by molar-refractivity contribution is -0.140. The molecule has 0 saturated carbocycles. The first-order valence-electron chi connectivity index (χ1n) is 7.58. The lowest BCUT2D eigenvalue weighted by atomic mass is 9.82. The lowest BCUT2D eigenvalue weighted by Gasteiger charge is -2.30. The Balaban J connectivity index is 0. The maximum atomic E-state index is 9.70. The summed E-state index contributed by atoms with van der Waals surface area (Å²) in [6.07, 6.45) is -0.419. The summed E-state index contributed by atoms with van der Waals surface area (Å²) in [7, 11) is 0. The van der Waals surface area contributed by atoms with Gasteiger partial charge in [-0.2, -0.15) is 0 Å². The monoisotopic (exact) mass is 312 g/mol. The second-order valence-electron chi connectivity index (χ2n) is 6.48. The molecular formula is C18H32O4. The van der Waals surface area contributed by atoms with Gasteiger partial charge in [-0.1, -0.05) is 77.9 Å². The Bertz CT molecular complexity index is 345. The summed E-state index contributed by atoms with van der Waals surface area (Å²) in [5.41, 5.74) is -0.367. The topological polar surface area (TPSA) is 77.8 Å². The number of benzene rings is 1. The maximum Gasteiger partial charge on any atom is 0.305 e. The van der Waals surface area contributed by atoms with Crippen molar-refractivity contribution in [3.63, 3.8) is 0 Å². The first-order valence-corrected chi connectivity index (χ1v) is 7.58. The number of aliphatic carboxylic acids is 1. The maximum absolute atomic E-state index is 9.70. The van der Waals surface area contributed by atoms with Crippen LogP contribution in [0.2, 0.25) is 0 Å². The second-order valence-corrected chi connectivity index (χ2v) is 6.48. The summed E-state index contributed by atoms with van der Waals surface area (Å²) in [6, 6.07) is 12.0. The van der Waals surface area contributed by atoms with Crippen molar-refractivity contribution in [2.45, 2.75) is 47.6 Å². The Kier molecular flexibility index (Phi) is 12.7. The van der Waals surface area contributed by atoms with Crippen molar-refractivity contribution < 1.29 is 20.1 Å². The van der Waals surface area contributed by atoms with Gasteiger partial charge in [-0.3, -0.25) is 4.79 Å². The third kappa shape index (κ3) is 12.4. The summed E-state index contributed by atoms with van der Waals surface area (Å²) >= 11 is 0. The van der Waals surface area contributed by atoms with E-state index >= 15 is 0 Å². The fourth-order valence-electron chi connectivity index (χ4n) is 1.38. The molecule has 0 aliphatic carbocycles. The highest BCUT2D eigenvalue weighted by Crippen LogP contribution is 2.24. The SMILES string of the molecule is CC(C)C(=O)O.CC(C)C(O)C(C)(C)CO.c1ccccc1. The molecule has 0 aliphatic rings. The minimum Gasteiger partial charge on any atom is -0.481 e. The van der Waals surface area contributed by atoms with Crippen LogP contribution in [0.15, 0.2) is 36.4 Å². The fraction of sp³-hybridized carbons (Fsp3) is 0.611. The van der Waals surface area contributed by atoms with Crippen LogP contribution in [0.4, 0.5) is 0 Å². The molecule has 4 nitrogen and oxygen atoms in total. The van der Waals surface area contributed by atoms with Crippen molar-refractivity contribution in [1.29, 1.82) is 0 Å². The van der Waals surface area contributed by atoms with Crippen LogP contribution in [0, 0.1) is 17.3 Å². The van der Waals surface area contributed by atoms with Crippen molar-refractivity contribution in [3.8, 4) is 0 Å². The molecule has 128 valence electrons. The first-order chi connectivity index (χ1) is 10.1. The van der Waals surface area contributed by atoms with E-state index < -0.39 is 12.1 Å². The molecule has 1 rings (SSSR count). The van der Waals surface area contributed by atoms with Gasteiger partial charge in [0.25, 0.3) is 0 Å². The Hall–Kier alpha value is -1.39. The number of aliphatic hydroxyl groups excluding tert-OH is 2. The highest BCUT2D eigenvalue weighted by atomic mass is 16.4. The van der Waals surface area contributed by atoms with Crippen molar-refractivity contribution >= 4 is 5.97 Å². The summed E-state index contributed by atoms with van der Waals surface area (Å²) in [5.74, 6) is -0.762. The molecule has 0 heterocycles. The molecule has 0 aliphatic heterocycles. The molecule has 0 spiro atoms. The van der Waals surface area contributed by atoms with E-state index in [1.54, 1.807) is 13.8 Å². The molecule has 4 heteroatoms. The Morgan fingerprint density at radius 1 is 0.955 bits per heavy atom. The number of hydrogen-bond donors (Lipinski definition) is 3. The number of rotatable bonds is 4. The van der Waals surface area contributed by atoms with E-state index in [0.717, 1.165) is 0 Å². The molecule has 0 bridgehead atoms. The van der Waals surface area contributed by atoms with Gasteiger partial charge in [0.15, 0.2) is 0 Å². The van der Waals surface area contributed by atoms with Gasteiger partial charge < -0.3 is 15.3 Å². The van der Waals surface area contributed by atoms with Gasteiger partial charge in [0.2, 0.25) is 0 Å². The number of carbonyl (C=O) groups is 1. The molecule has 0 saturated heterocycles. The van der Waals surface area contributed by atoms with Crippen molar-refractivity contribution in [3.05, 3.63) is 36.4 Å². The van der Waals surface area contributed by atoms with Crippen LogP contribution in [0.1, 0.15) is 41.5 Å². The largest absolute Gasteiger partial charge is 0.481 e. The van der Waals surface area contributed by atoms with Crippen LogP contribution >= 0.6 is 0 Å². The third-order valence-corrected chi connectivity index (χ3v) is 3.00. The predicted octanol–water partition coefficient (Wildman–Crippen LogP) is 3.44. The van der Waals surface area contributed by atoms with Gasteiger partial charge >= 0.3 is 5.97 Å². The molecule has 0 amide bonds. The molecular weight excluding hydrogens is 280 g/mol. The molecule has 1 aromatic rings. The van der Waals surface area contributed by atoms with E-state index in [9.17, 15) is 9.90 Å². The highest BCUT2D eigenvalue weighted by Gasteiger charge is 2.28. The van der Waals surface area contributed by atoms with Gasteiger partial charge in [-0.25, -0.2) is 0 Å². The van der Waals surface area contributed by atoms with Crippen LogP contribution in [0.5, 0.6) is 0 Å². The first kappa shape index (κ1) is 22.9. The summed E-state index contributed by atoms with van der Waals surface area (Å²) < 4.78 is 0. The zero-order valence-corrected chi connectivity index (χ0v) is 14.7. The average molecular weight is 312 g/mol. The van der Waals surface area contributed by atoms with E-state index in [1.807, 2.05) is 64.1 Å². The number of hydrogen-bond acceptors (Lipinski definition) is 3. The minimum atomic E-state index is -0.741. The number of aliphatic hydroxyl groups is 2. The molecule has 1 unspecified atom stereocenters. The van der Waals surface area contributed by atoms with Gasteiger partial charge in [-0.15, -0.1) is 0 Å². The van der Waals surface area contributed by atoms with Gasteiger partial charge in [0.1, 0.15) is 0 Å². The van der Waals surface area contributed by atoms with Gasteiger partial charge in [0, 0.05) is 5.41 Å². The number of carboxylic acid groups (broad SMARTS) is 1. The van der Waals surface area contributed by atoms with Gasteiger partial charge in [-0.05, 0) is 5.92 Å². The smallest absolute Gasteiger partial charge is 0.305 e. The molecule has 0 radical (unpaired) electrons. The molecule has 22 heavy (non-hydrogen) atoms. The van der Waals surface area contributed by atoms with Crippen molar-refractivity contribution in [1.82, 2.24) is 0 Å². The Morgan fingerprint density at radius 2 is 1.23 bits per heavy atom. The van der Waals surface area contributed by atoms with Crippen LogP contribution in [0.3, 0.4) is 0 Å². The van der Waals surface area contributed by atoms with E-state index in [2.05, 4.69) is 0 Å².